The van der Waals surface area contributed by atoms with E-state index in [-0.39, 0.29) is 11.5 Å². The molecule has 1 aliphatic heterocycles. The van der Waals surface area contributed by atoms with Crippen molar-refractivity contribution in [2.45, 2.75) is 19.8 Å². The van der Waals surface area contributed by atoms with Gasteiger partial charge in [-0.2, -0.15) is 11.8 Å². The first-order chi connectivity index (χ1) is 11.6. The minimum atomic E-state index is -0.513. The van der Waals surface area contributed by atoms with Gasteiger partial charge in [-0.05, 0) is 30.5 Å². The van der Waals surface area contributed by atoms with Gasteiger partial charge in [0.1, 0.15) is 11.3 Å². The Balaban J connectivity index is 1.76. The Morgan fingerprint density at radius 1 is 1.17 bits per heavy atom. The zero-order valence-electron chi connectivity index (χ0n) is 13.8. The minimum Gasteiger partial charge on any atom is -0.427 e. The van der Waals surface area contributed by atoms with Crippen LogP contribution in [-0.4, -0.2) is 35.4 Å². The summed E-state index contributed by atoms with van der Waals surface area (Å²) >= 11 is 1.83. The molecule has 1 aromatic carbocycles. The highest BCUT2D eigenvalue weighted by atomic mass is 32.2. The van der Waals surface area contributed by atoms with Crippen LogP contribution in [0.3, 0.4) is 0 Å². The smallest absolute Gasteiger partial charge is 0.349 e. The van der Waals surface area contributed by atoms with E-state index in [9.17, 15) is 9.59 Å². The van der Waals surface area contributed by atoms with E-state index in [0.717, 1.165) is 17.9 Å². The third-order valence-electron chi connectivity index (χ3n) is 4.21. The number of benzene rings is 1. The molecule has 126 valence electrons. The number of thioether (sulfide) groups is 1. The van der Waals surface area contributed by atoms with Gasteiger partial charge in [-0.1, -0.05) is 30.3 Å². The molecule has 4 nitrogen and oxygen atoms in total. The molecule has 2 aromatic rings. The van der Waals surface area contributed by atoms with Crippen molar-refractivity contribution in [2.75, 3.05) is 24.6 Å². The second kappa shape index (κ2) is 7.71. The fourth-order valence-electron chi connectivity index (χ4n) is 2.89. The van der Waals surface area contributed by atoms with Gasteiger partial charge in [0, 0.05) is 31.0 Å². The van der Waals surface area contributed by atoms with Crippen molar-refractivity contribution in [3.8, 4) is 0 Å². The molecule has 1 saturated heterocycles. The molecule has 24 heavy (non-hydrogen) atoms. The van der Waals surface area contributed by atoms with Crippen molar-refractivity contribution >= 4 is 17.7 Å². The zero-order chi connectivity index (χ0) is 16.9. The van der Waals surface area contributed by atoms with Crippen LogP contribution in [-0.2, 0) is 12.8 Å². The summed E-state index contributed by atoms with van der Waals surface area (Å²) in [6.07, 6.45) is 1.45. The Morgan fingerprint density at radius 3 is 2.54 bits per heavy atom. The topological polar surface area (TPSA) is 50.5 Å². The Labute approximate surface area is 145 Å². The first kappa shape index (κ1) is 16.8. The van der Waals surface area contributed by atoms with Gasteiger partial charge in [0.15, 0.2) is 0 Å². The van der Waals surface area contributed by atoms with Gasteiger partial charge in [-0.25, -0.2) is 4.79 Å². The average Bonchev–Trinajstić information content (AvgIpc) is 2.61. The number of hydrogen-bond donors (Lipinski definition) is 0. The standard InChI is InChI=1S/C19H21NO3S/c1-14-13-16(8-7-15-5-3-2-4-6-15)23-19(22)17(14)18(21)20-9-11-24-12-10-20/h2-6,13H,7-12H2,1H3. The summed E-state index contributed by atoms with van der Waals surface area (Å²) in [6.45, 7) is 3.20. The monoisotopic (exact) mass is 343 g/mol. The second-order valence-electron chi connectivity index (χ2n) is 5.95. The lowest BCUT2D eigenvalue weighted by atomic mass is 10.1. The molecule has 1 amide bonds. The van der Waals surface area contributed by atoms with E-state index in [2.05, 4.69) is 12.1 Å². The number of nitrogens with zero attached hydrogens (tertiary/aromatic N) is 1. The first-order valence-electron chi connectivity index (χ1n) is 8.20. The SMILES string of the molecule is Cc1cc(CCc2ccccc2)oc(=O)c1C(=O)N1CCSCC1. The highest BCUT2D eigenvalue weighted by Gasteiger charge is 2.24. The van der Waals surface area contributed by atoms with Gasteiger partial charge >= 0.3 is 5.63 Å². The van der Waals surface area contributed by atoms with Crippen LogP contribution in [0.15, 0.2) is 45.6 Å². The first-order valence-corrected chi connectivity index (χ1v) is 9.35. The number of rotatable bonds is 4. The van der Waals surface area contributed by atoms with Crippen LogP contribution in [0.4, 0.5) is 0 Å². The van der Waals surface area contributed by atoms with E-state index in [1.807, 2.05) is 43.0 Å². The van der Waals surface area contributed by atoms with E-state index < -0.39 is 5.63 Å². The minimum absolute atomic E-state index is 0.186. The maximum Gasteiger partial charge on any atom is 0.349 e. The number of hydrogen-bond acceptors (Lipinski definition) is 4. The third-order valence-corrected chi connectivity index (χ3v) is 5.16. The van der Waals surface area contributed by atoms with E-state index in [0.29, 0.717) is 30.8 Å². The van der Waals surface area contributed by atoms with Crippen molar-refractivity contribution in [3.05, 3.63) is 69.3 Å². The van der Waals surface area contributed by atoms with E-state index >= 15 is 0 Å². The van der Waals surface area contributed by atoms with Crippen LogP contribution in [0.5, 0.6) is 0 Å². The highest BCUT2D eigenvalue weighted by Crippen LogP contribution is 2.15. The Bertz CT molecular complexity index is 764. The molecule has 2 heterocycles. The molecule has 0 unspecified atom stereocenters. The predicted octanol–water partition coefficient (Wildman–Crippen LogP) is 2.92. The number of carbonyl (C=O) groups is 1. The molecule has 0 spiro atoms. The fourth-order valence-corrected chi connectivity index (χ4v) is 3.79. The largest absolute Gasteiger partial charge is 0.427 e. The Kier molecular flexibility index (Phi) is 5.41. The maximum atomic E-state index is 12.6. The third kappa shape index (κ3) is 3.90. The molecule has 0 saturated carbocycles. The summed E-state index contributed by atoms with van der Waals surface area (Å²) in [5, 5.41) is 0. The van der Waals surface area contributed by atoms with Crippen LogP contribution in [0.25, 0.3) is 0 Å². The molecule has 5 heteroatoms. The van der Waals surface area contributed by atoms with E-state index in [1.54, 1.807) is 4.90 Å². The number of carbonyl (C=O) groups excluding carboxylic acids is 1. The summed E-state index contributed by atoms with van der Waals surface area (Å²) in [7, 11) is 0. The van der Waals surface area contributed by atoms with Crippen molar-refractivity contribution < 1.29 is 9.21 Å². The molecule has 1 aromatic heterocycles. The zero-order valence-corrected chi connectivity index (χ0v) is 14.6. The molecule has 1 fully saturated rings. The van der Waals surface area contributed by atoms with E-state index in [4.69, 9.17) is 4.42 Å². The molecular weight excluding hydrogens is 322 g/mol. The second-order valence-corrected chi connectivity index (χ2v) is 7.17. The summed E-state index contributed by atoms with van der Waals surface area (Å²) in [4.78, 5) is 26.7. The van der Waals surface area contributed by atoms with Gasteiger partial charge in [0.25, 0.3) is 5.91 Å². The van der Waals surface area contributed by atoms with Crippen molar-refractivity contribution in [1.82, 2.24) is 4.90 Å². The van der Waals surface area contributed by atoms with Crippen LogP contribution < -0.4 is 5.63 Å². The van der Waals surface area contributed by atoms with Gasteiger partial charge in [0.2, 0.25) is 0 Å². The quantitative estimate of drug-likeness (QED) is 0.856. The molecule has 0 radical (unpaired) electrons. The van der Waals surface area contributed by atoms with Crippen molar-refractivity contribution in [2.24, 2.45) is 0 Å². The molecular formula is C19H21NO3S. The van der Waals surface area contributed by atoms with Gasteiger partial charge in [0.05, 0.1) is 0 Å². The lowest BCUT2D eigenvalue weighted by Crippen LogP contribution is -2.40. The summed E-state index contributed by atoms with van der Waals surface area (Å²) < 4.78 is 5.41. The van der Waals surface area contributed by atoms with Crippen LogP contribution in [0.2, 0.25) is 0 Å². The van der Waals surface area contributed by atoms with Crippen LogP contribution >= 0.6 is 11.8 Å². The summed E-state index contributed by atoms with van der Waals surface area (Å²) in [6, 6.07) is 11.9. The van der Waals surface area contributed by atoms with Crippen molar-refractivity contribution in [1.29, 1.82) is 0 Å². The summed E-state index contributed by atoms with van der Waals surface area (Å²) in [5.41, 5.74) is 1.58. The maximum absolute atomic E-state index is 12.6. The molecule has 3 rings (SSSR count). The predicted molar refractivity (Wildman–Crippen MR) is 96.8 cm³/mol. The lowest BCUT2D eigenvalue weighted by Gasteiger charge is -2.26. The molecule has 0 N–H and O–H groups in total. The molecule has 0 aliphatic carbocycles. The summed E-state index contributed by atoms with van der Waals surface area (Å²) in [5.74, 6) is 2.28. The molecule has 0 bridgehead atoms. The van der Waals surface area contributed by atoms with Crippen molar-refractivity contribution in [3.63, 3.8) is 0 Å². The van der Waals surface area contributed by atoms with Crippen LogP contribution in [0, 0.1) is 6.92 Å². The van der Waals surface area contributed by atoms with Gasteiger partial charge in [-0.15, -0.1) is 0 Å². The highest BCUT2D eigenvalue weighted by molar-refractivity contribution is 7.99. The Hall–Kier alpha value is -2.01. The lowest BCUT2D eigenvalue weighted by molar-refractivity contribution is 0.0766. The fraction of sp³-hybridized carbons (Fsp3) is 0.368. The van der Waals surface area contributed by atoms with Gasteiger partial charge < -0.3 is 9.32 Å². The molecule has 0 atom stereocenters. The average molecular weight is 343 g/mol. The Morgan fingerprint density at radius 2 is 1.88 bits per heavy atom. The number of amides is 1. The molecule has 1 aliphatic rings. The normalized spacial score (nSPS) is 14.6. The number of aryl methyl sites for hydroxylation is 3. The van der Waals surface area contributed by atoms with Gasteiger partial charge in [-0.3, -0.25) is 4.79 Å². The van der Waals surface area contributed by atoms with E-state index in [1.165, 1.54) is 5.56 Å². The van der Waals surface area contributed by atoms with Crippen LogP contribution in [0.1, 0.15) is 27.2 Å².